The Labute approximate surface area is 146 Å². The lowest BCUT2D eigenvalue weighted by atomic mass is 10.2. The van der Waals surface area contributed by atoms with Crippen LogP contribution in [0.15, 0.2) is 61.3 Å². The quantitative estimate of drug-likeness (QED) is 0.731. The van der Waals surface area contributed by atoms with E-state index < -0.39 is 0 Å². The van der Waals surface area contributed by atoms with Crippen LogP contribution in [0.4, 0.5) is 0 Å². The molecule has 0 amide bonds. The van der Waals surface area contributed by atoms with E-state index in [2.05, 4.69) is 24.8 Å². The van der Waals surface area contributed by atoms with Crippen LogP contribution in [0.3, 0.4) is 0 Å². The summed E-state index contributed by atoms with van der Waals surface area (Å²) in [6.45, 7) is 3.16. The van der Waals surface area contributed by atoms with Crippen molar-refractivity contribution in [2.75, 3.05) is 19.7 Å². The molecule has 1 aliphatic rings. The maximum Gasteiger partial charge on any atom is 0.159 e. The van der Waals surface area contributed by atoms with Crippen molar-refractivity contribution in [3.8, 4) is 11.4 Å². The topological polar surface area (TPSA) is 64.0 Å². The predicted molar refractivity (Wildman–Crippen MR) is 93.5 cm³/mol. The lowest BCUT2D eigenvalue weighted by Gasteiger charge is -2.32. The maximum absolute atomic E-state index is 5.83. The number of hydrogen-bond donors (Lipinski definition) is 0. The molecule has 0 aliphatic carbocycles. The van der Waals surface area contributed by atoms with Crippen LogP contribution in [0.5, 0.6) is 0 Å². The molecule has 0 bridgehead atoms. The molecule has 0 radical (unpaired) electrons. The molecule has 3 heterocycles. The zero-order valence-electron chi connectivity index (χ0n) is 13.8. The van der Waals surface area contributed by atoms with Gasteiger partial charge in [-0.2, -0.15) is 0 Å². The summed E-state index contributed by atoms with van der Waals surface area (Å²) in [5.41, 5.74) is 3.01. The third kappa shape index (κ3) is 3.87. The van der Waals surface area contributed by atoms with E-state index >= 15 is 0 Å². The molecule has 1 saturated heterocycles. The van der Waals surface area contributed by atoms with Crippen molar-refractivity contribution in [3.63, 3.8) is 0 Å². The molecule has 0 spiro atoms. The van der Waals surface area contributed by atoms with Crippen LogP contribution in [0.1, 0.15) is 17.4 Å². The van der Waals surface area contributed by atoms with Gasteiger partial charge in [-0.3, -0.25) is 14.9 Å². The van der Waals surface area contributed by atoms with Gasteiger partial charge in [0.2, 0.25) is 0 Å². The molecule has 3 aromatic rings. The van der Waals surface area contributed by atoms with Crippen molar-refractivity contribution in [2.45, 2.75) is 12.6 Å². The summed E-state index contributed by atoms with van der Waals surface area (Å²) in [4.78, 5) is 19.8. The highest BCUT2D eigenvalue weighted by Gasteiger charge is 2.23. The number of rotatable bonds is 4. The highest BCUT2D eigenvalue weighted by molar-refractivity contribution is 5.53. The Balaban J connectivity index is 1.42. The van der Waals surface area contributed by atoms with Gasteiger partial charge in [-0.25, -0.2) is 9.97 Å². The van der Waals surface area contributed by atoms with Gasteiger partial charge in [0.1, 0.15) is 6.10 Å². The van der Waals surface area contributed by atoms with Crippen LogP contribution in [0.2, 0.25) is 0 Å². The number of benzene rings is 1. The van der Waals surface area contributed by atoms with Crippen LogP contribution in [-0.4, -0.2) is 44.5 Å². The molecule has 6 nitrogen and oxygen atoms in total. The summed E-state index contributed by atoms with van der Waals surface area (Å²) in [6.07, 6.45) is 8.92. The zero-order chi connectivity index (χ0) is 16.9. The Morgan fingerprint density at radius 1 is 1.00 bits per heavy atom. The van der Waals surface area contributed by atoms with Crippen molar-refractivity contribution >= 4 is 0 Å². The Kier molecular flexibility index (Phi) is 4.72. The first-order chi connectivity index (χ1) is 12.4. The first-order valence-corrected chi connectivity index (χ1v) is 8.35. The second-order valence-electron chi connectivity index (χ2n) is 6.01. The smallest absolute Gasteiger partial charge is 0.159 e. The van der Waals surface area contributed by atoms with Gasteiger partial charge in [0.05, 0.1) is 18.5 Å². The van der Waals surface area contributed by atoms with Gasteiger partial charge in [0, 0.05) is 55.5 Å². The van der Waals surface area contributed by atoms with E-state index in [4.69, 9.17) is 4.74 Å². The van der Waals surface area contributed by atoms with Crippen LogP contribution in [0, 0.1) is 0 Å². The molecule has 126 valence electrons. The lowest BCUT2D eigenvalue weighted by Crippen LogP contribution is -2.38. The van der Waals surface area contributed by atoms with Gasteiger partial charge in [-0.05, 0) is 0 Å². The second-order valence-corrected chi connectivity index (χ2v) is 6.01. The summed E-state index contributed by atoms with van der Waals surface area (Å²) < 4.78 is 5.83. The van der Waals surface area contributed by atoms with Gasteiger partial charge in [-0.15, -0.1) is 0 Å². The first-order valence-electron chi connectivity index (χ1n) is 8.35. The molecule has 0 N–H and O–H groups in total. The molecule has 2 aromatic heterocycles. The average Bonchev–Trinajstić information content (AvgIpc) is 2.70. The third-order valence-electron chi connectivity index (χ3n) is 4.21. The molecule has 25 heavy (non-hydrogen) atoms. The average molecular weight is 333 g/mol. The number of aromatic nitrogens is 4. The normalized spacial score (nSPS) is 18.2. The van der Waals surface area contributed by atoms with E-state index in [0.717, 1.165) is 42.3 Å². The Morgan fingerprint density at radius 3 is 2.60 bits per heavy atom. The number of morpholine rings is 1. The van der Waals surface area contributed by atoms with E-state index in [1.165, 1.54) is 0 Å². The SMILES string of the molecule is c1ccc(-c2ncc(CN3CCO[C@@H](c4cnccn4)C3)cn2)cc1. The number of hydrogen-bond acceptors (Lipinski definition) is 6. The van der Waals surface area contributed by atoms with Crippen molar-refractivity contribution in [1.82, 2.24) is 24.8 Å². The summed E-state index contributed by atoms with van der Waals surface area (Å²) in [5.74, 6) is 0.753. The van der Waals surface area contributed by atoms with Gasteiger partial charge < -0.3 is 4.74 Å². The van der Waals surface area contributed by atoms with Crippen molar-refractivity contribution in [1.29, 1.82) is 0 Å². The molecule has 4 rings (SSSR count). The number of ether oxygens (including phenoxy) is 1. The molecule has 0 saturated carbocycles. The molecule has 1 fully saturated rings. The van der Waals surface area contributed by atoms with Crippen LogP contribution in [0.25, 0.3) is 11.4 Å². The third-order valence-corrected chi connectivity index (χ3v) is 4.21. The lowest BCUT2D eigenvalue weighted by molar-refractivity contribution is -0.0352. The van der Waals surface area contributed by atoms with Crippen molar-refractivity contribution in [3.05, 3.63) is 72.6 Å². The van der Waals surface area contributed by atoms with E-state index in [-0.39, 0.29) is 6.10 Å². The second kappa shape index (κ2) is 7.46. The van der Waals surface area contributed by atoms with Gasteiger partial charge >= 0.3 is 0 Å². The van der Waals surface area contributed by atoms with E-state index in [9.17, 15) is 0 Å². The maximum atomic E-state index is 5.83. The summed E-state index contributed by atoms with van der Waals surface area (Å²) in [5, 5.41) is 0. The van der Waals surface area contributed by atoms with E-state index in [0.29, 0.717) is 6.61 Å². The summed E-state index contributed by atoms with van der Waals surface area (Å²) >= 11 is 0. The highest BCUT2D eigenvalue weighted by Crippen LogP contribution is 2.21. The van der Waals surface area contributed by atoms with Crippen LogP contribution < -0.4 is 0 Å². The number of nitrogens with zero attached hydrogens (tertiary/aromatic N) is 5. The van der Waals surface area contributed by atoms with Gasteiger partial charge in [0.25, 0.3) is 0 Å². The fourth-order valence-corrected chi connectivity index (χ4v) is 2.93. The minimum Gasteiger partial charge on any atom is -0.369 e. The van der Waals surface area contributed by atoms with Gasteiger partial charge in [0.15, 0.2) is 5.82 Å². The molecule has 1 aromatic carbocycles. The molecule has 1 aliphatic heterocycles. The van der Waals surface area contributed by atoms with Gasteiger partial charge in [-0.1, -0.05) is 30.3 Å². The molecule has 0 unspecified atom stereocenters. The molecular weight excluding hydrogens is 314 g/mol. The highest BCUT2D eigenvalue weighted by atomic mass is 16.5. The fraction of sp³-hybridized carbons (Fsp3) is 0.263. The Morgan fingerprint density at radius 2 is 1.84 bits per heavy atom. The van der Waals surface area contributed by atoms with E-state index in [1.54, 1.807) is 18.6 Å². The molecule has 1 atom stereocenters. The fourth-order valence-electron chi connectivity index (χ4n) is 2.93. The van der Waals surface area contributed by atoms with E-state index in [1.807, 2.05) is 42.7 Å². The molecule has 6 heteroatoms. The Bertz CT molecular complexity index is 795. The predicted octanol–water partition coefficient (Wildman–Crippen LogP) is 2.51. The standard InChI is InChI=1S/C19H19N5O/c1-2-4-16(5-3-1)19-22-10-15(11-23-19)13-24-8-9-25-18(14-24)17-12-20-6-7-21-17/h1-7,10-12,18H,8-9,13-14H2/t18-/m1/s1. The minimum absolute atomic E-state index is 0.0352. The van der Waals surface area contributed by atoms with Crippen LogP contribution >= 0.6 is 0 Å². The Hall–Kier alpha value is -2.70. The van der Waals surface area contributed by atoms with Crippen molar-refractivity contribution < 1.29 is 4.74 Å². The zero-order valence-corrected chi connectivity index (χ0v) is 13.8. The summed E-state index contributed by atoms with van der Waals surface area (Å²) in [7, 11) is 0. The monoisotopic (exact) mass is 333 g/mol. The summed E-state index contributed by atoms with van der Waals surface area (Å²) in [6, 6.07) is 10.0. The van der Waals surface area contributed by atoms with Crippen LogP contribution in [-0.2, 0) is 11.3 Å². The first kappa shape index (κ1) is 15.8. The minimum atomic E-state index is -0.0352. The van der Waals surface area contributed by atoms with Crippen molar-refractivity contribution in [2.24, 2.45) is 0 Å². The largest absolute Gasteiger partial charge is 0.369 e. The molecular formula is C19H19N5O.